The average molecular weight is 533 g/mol. The standard InChI is InChI=1S/C29H36N6O2S/c1-19(2)33-15-17-34(18-16-33)24-11-10-21-26(36)25(28(37)30-13-12-20-7-6-14-32(20)3)29-35(27(21)31-24)22-8-4-5-9-23(22)38-29/h4-5,8-11,19-20H,6-7,12-18H2,1-3H3,(H,30,37). The van der Waals surface area contributed by atoms with Gasteiger partial charge in [-0.05, 0) is 71.0 Å². The highest BCUT2D eigenvalue weighted by Crippen LogP contribution is 2.31. The zero-order chi connectivity index (χ0) is 26.4. The van der Waals surface area contributed by atoms with Gasteiger partial charge in [-0.1, -0.05) is 12.1 Å². The van der Waals surface area contributed by atoms with Gasteiger partial charge in [-0.2, -0.15) is 0 Å². The molecule has 5 heterocycles. The minimum atomic E-state index is -0.296. The Morgan fingerprint density at radius 3 is 2.63 bits per heavy atom. The van der Waals surface area contributed by atoms with Gasteiger partial charge in [0.1, 0.15) is 16.2 Å². The van der Waals surface area contributed by atoms with Crippen LogP contribution in [0.15, 0.2) is 41.2 Å². The molecule has 0 radical (unpaired) electrons. The van der Waals surface area contributed by atoms with Gasteiger partial charge < -0.3 is 15.1 Å². The molecule has 3 aromatic heterocycles. The van der Waals surface area contributed by atoms with Gasteiger partial charge in [-0.25, -0.2) is 4.98 Å². The monoisotopic (exact) mass is 532 g/mol. The van der Waals surface area contributed by atoms with Crippen molar-refractivity contribution >= 4 is 49.1 Å². The number of pyridine rings is 2. The fourth-order valence-electron chi connectivity index (χ4n) is 6.01. The molecule has 0 spiro atoms. The number of carbonyl (C=O) groups excluding carboxylic acids is 1. The number of benzene rings is 1. The maximum Gasteiger partial charge on any atom is 0.258 e. The van der Waals surface area contributed by atoms with E-state index in [1.165, 1.54) is 17.8 Å². The highest BCUT2D eigenvalue weighted by molar-refractivity contribution is 7.24. The van der Waals surface area contributed by atoms with E-state index in [1.54, 1.807) is 0 Å². The number of amides is 1. The second-order valence-electron chi connectivity index (χ2n) is 10.9. The molecule has 2 aliphatic heterocycles. The SMILES string of the molecule is CC(C)N1CCN(c2ccc3c(=O)c(C(=O)NCCC4CCCN4C)c4sc5ccccc5n4c3n2)CC1. The van der Waals surface area contributed by atoms with Crippen molar-refractivity contribution in [2.24, 2.45) is 0 Å². The summed E-state index contributed by atoms with van der Waals surface area (Å²) in [4.78, 5) is 40.1. The van der Waals surface area contributed by atoms with E-state index in [2.05, 4.69) is 40.9 Å². The summed E-state index contributed by atoms with van der Waals surface area (Å²) in [5, 5.41) is 3.54. The Bertz CT molecular complexity index is 1550. The zero-order valence-corrected chi connectivity index (χ0v) is 23.3. The van der Waals surface area contributed by atoms with Gasteiger partial charge in [0.05, 0.1) is 15.6 Å². The topological polar surface area (TPSA) is 73.2 Å². The summed E-state index contributed by atoms with van der Waals surface area (Å²) in [5.41, 5.74) is 1.56. The molecule has 2 aliphatic rings. The van der Waals surface area contributed by atoms with E-state index in [4.69, 9.17) is 4.98 Å². The number of rotatable bonds is 6. The van der Waals surface area contributed by atoms with Crippen LogP contribution in [-0.4, -0.2) is 83.5 Å². The number of thiazole rings is 1. The number of hydrogen-bond donors (Lipinski definition) is 1. The van der Waals surface area contributed by atoms with E-state index in [0.717, 1.165) is 61.6 Å². The van der Waals surface area contributed by atoms with Crippen molar-refractivity contribution in [3.63, 3.8) is 0 Å². The number of fused-ring (bicyclic) bond motifs is 5. The smallest absolute Gasteiger partial charge is 0.258 e. The number of aromatic nitrogens is 2. The number of para-hydroxylation sites is 1. The van der Waals surface area contributed by atoms with Crippen LogP contribution in [0.1, 0.15) is 43.5 Å². The lowest BCUT2D eigenvalue weighted by Gasteiger charge is -2.37. The quantitative estimate of drug-likeness (QED) is 0.407. The Balaban J connectivity index is 1.39. The Kier molecular flexibility index (Phi) is 6.84. The number of anilines is 1. The molecule has 2 saturated heterocycles. The molecular weight excluding hydrogens is 496 g/mol. The van der Waals surface area contributed by atoms with Crippen molar-refractivity contribution in [2.45, 2.75) is 45.2 Å². The predicted octanol–water partition coefficient (Wildman–Crippen LogP) is 3.81. The largest absolute Gasteiger partial charge is 0.354 e. The fraction of sp³-hybridized carbons (Fsp3) is 0.483. The molecule has 1 unspecified atom stereocenters. The van der Waals surface area contributed by atoms with E-state index >= 15 is 0 Å². The van der Waals surface area contributed by atoms with Crippen LogP contribution in [0.4, 0.5) is 5.82 Å². The Morgan fingerprint density at radius 2 is 1.89 bits per heavy atom. The first-order valence-electron chi connectivity index (χ1n) is 13.8. The maximum absolute atomic E-state index is 13.8. The molecule has 1 amide bonds. The van der Waals surface area contributed by atoms with E-state index in [9.17, 15) is 9.59 Å². The number of carbonyl (C=O) groups is 1. The van der Waals surface area contributed by atoms with Crippen LogP contribution >= 0.6 is 11.3 Å². The van der Waals surface area contributed by atoms with E-state index in [1.807, 2.05) is 40.8 Å². The zero-order valence-electron chi connectivity index (χ0n) is 22.4. The van der Waals surface area contributed by atoms with Crippen LogP contribution < -0.4 is 15.6 Å². The summed E-state index contributed by atoms with van der Waals surface area (Å²) >= 11 is 1.48. The van der Waals surface area contributed by atoms with Crippen molar-refractivity contribution < 1.29 is 4.79 Å². The van der Waals surface area contributed by atoms with Gasteiger partial charge >= 0.3 is 0 Å². The molecule has 1 aromatic carbocycles. The van der Waals surface area contributed by atoms with Gasteiger partial charge in [0.25, 0.3) is 5.91 Å². The second kappa shape index (κ2) is 10.3. The first-order chi connectivity index (χ1) is 18.4. The summed E-state index contributed by atoms with van der Waals surface area (Å²) in [6.07, 6.45) is 3.25. The highest BCUT2D eigenvalue weighted by atomic mass is 32.1. The van der Waals surface area contributed by atoms with Crippen LogP contribution in [0.25, 0.3) is 26.1 Å². The summed E-state index contributed by atoms with van der Waals surface area (Å²) in [6, 6.07) is 12.9. The first kappa shape index (κ1) is 25.3. The van der Waals surface area contributed by atoms with E-state index in [-0.39, 0.29) is 16.9 Å². The highest BCUT2D eigenvalue weighted by Gasteiger charge is 2.26. The minimum absolute atomic E-state index is 0.221. The third-order valence-electron chi connectivity index (χ3n) is 8.30. The molecule has 38 heavy (non-hydrogen) atoms. The van der Waals surface area contributed by atoms with E-state index < -0.39 is 0 Å². The molecule has 6 rings (SSSR count). The number of piperazine rings is 1. The number of likely N-dealkylation sites (tertiary alicyclic amines) is 1. The second-order valence-corrected chi connectivity index (χ2v) is 11.9. The molecule has 8 nitrogen and oxygen atoms in total. The van der Waals surface area contributed by atoms with Crippen molar-refractivity contribution in [3.05, 3.63) is 52.2 Å². The van der Waals surface area contributed by atoms with E-state index in [0.29, 0.717) is 34.5 Å². The summed E-state index contributed by atoms with van der Waals surface area (Å²) < 4.78 is 3.04. The maximum atomic E-state index is 13.8. The molecule has 2 fully saturated rings. The van der Waals surface area contributed by atoms with Crippen molar-refractivity contribution in [1.82, 2.24) is 24.5 Å². The number of hydrogen-bond acceptors (Lipinski definition) is 7. The Labute approximate surface area is 226 Å². The molecular formula is C29H36N6O2S. The molecule has 1 atom stereocenters. The average Bonchev–Trinajstić information content (AvgIpc) is 3.51. The third-order valence-corrected chi connectivity index (χ3v) is 9.45. The minimum Gasteiger partial charge on any atom is -0.354 e. The van der Waals surface area contributed by atoms with Crippen molar-refractivity contribution in [1.29, 1.82) is 0 Å². The van der Waals surface area contributed by atoms with Gasteiger partial charge in [-0.15, -0.1) is 11.3 Å². The Morgan fingerprint density at radius 1 is 1.11 bits per heavy atom. The fourth-order valence-corrected chi connectivity index (χ4v) is 7.19. The molecule has 0 saturated carbocycles. The predicted molar refractivity (Wildman–Crippen MR) is 156 cm³/mol. The van der Waals surface area contributed by atoms with Gasteiger partial charge in [-0.3, -0.25) is 18.9 Å². The van der Waals surface area contributed by atoms with Crippen LogP contribution in [-0.2, 0) is 0 Å². The summed E-state index contributed by atoms with van der Waals surface area (Å²) in [5.74, 6) is 0.581. The lowest BCUT2D eigenvalue weighted by Crippen LogP contribution is -2.49. The van der Waals surface area contributed by atoms with Crippen molar-refractivity contribution in [2.75, 3.05) is 51.2 Å². The normalized spacial score (nSPS) is 19.4. The number of nitrogens with one attached hydrogen (secondary N) is 1. The molecule has 0 bridgehead atoms. The third kappa shape index (κ3) is 4.46. The summed E-state index contributed by atoms with van der Waals surface area (Å²) in [7, 11) is 2.14. The molecule has 0 aliphatic carbocycles. The van der Waals surface area contributed by atoms with Gasteiger partial charge in [0, 0.05) is 44.8 Å². The molecule has 9 heteroatoms. The number of nitrogens with zero attached hydrogens (tertiary/aromatic N) is 5. The molecule has 4 aromatic rings. The lowest BCUT2D eigenvalue weighted by molar-refractivity contribution is 0.0951. The lowest BCUT2D eigenvalue weighted by atomic mass is 10.1. The molecule has 200 valence electrons. The first-order valence-corrected chi connectivity index (χ1v) is 14.6. The van der Waals surface area contributed by atoms with Gasteiger partial charge in [0.15, 0.2) is 5.65 Å². The van der Waals surface area contributed by atoms with Crippen LogP contribution in [0.3, 0.4) is 0 Å². The summed E-state index contributed by atoms with van der Waals surface area (Å²) in [6.45, 7) is 9.90. The van der Waals surface area contributed by atoms with Crippen LogP contribution in [0.2, 0.25) is 0 Å². The van der Waals surface area contributed by atoms with Crippen molar-refractivity contribution in [3.8, 4) is 0 Å². The van der Waals surface area contributed by atoms with Crippen LogP contribution in [0, 0.1) is 0 Å². The Hall–Kier alpha value is -3.01. The van der Waals surface area contributed by atoms with Crippen LogP contribution in [0.5, 0.6) is 0 Å². The molecule has 1 N–H and O–H groups in total. The van der Waals surface area contributed by atoms with Gasteiger partial charge in [0.2, 0.25) is 5.43 Å².